The minimum Gasteiger partial charge on any atom is -0.364 e. The first-order valence-electron chi connectivity index (χ1n) is 6.32. The van der Waals surface area contributed by atoms with Crippen LogP contribution in [0.3, 0.4) is 0 Å². The highest BCUT2D eigenvalue weighted by atomic mass is 16.5. The summed E-state index contributed by atoms with van der Waals surface area (Å²) < 4.78 is 5.28. The molecule has 0 saturated carbocycles. The van der Waals surface area contributed by atoms with Crippen LogP contribution in [0.2, 0.25) is 0 Å². The molecule has 0 aromatic rings. The normalized spacial score (nSPS) is 12.3. The van der Waals surface area contributed by atoms with Crippen molar-refractivity contribution in [3.63, 3.8) is 0 Å². The van der Waals surface area contributed by atoms with Gasteiger partial charge in [0.15, 0.2) is 0 Å². The first kappa shape index (κ1) is 14.5. The summed E-state index contributed by atoms with van der Waals surface area (Å²) in [5.74, 6) is 0. The fourth-order valence-electron chi connectivity index (χ4n) is 1.53. The van der Waals surface area contributed by atoms with E-state index in [1.807, 2.05) is 0 Å². The molecule has 0 aliphatic rings. The molecule has 0 amide bonds. The second kappa shape index (κ2) is 11.5. The van der Waals surface area contributed by atoms with Crippen LogP contribution >= 0.6 is 0 Å². The molecule has 0 heterocycles. The highest BCUT2D eigenvalue weighted by Crippen LogP contribution is 2.08. The molecule has 0 bridgehead atoms. The summed E-state index contributed by atoms with van der Waals surface area (Å²) in [5, 5.41) is 8.48. The lowest BCUT2D eigenvalue weighted by molar-refractivity contribution is 0.0984. The quantitative estimate of drug-likeness (QED) is 0.511. The fraction of sp³-hybridized carbons (Fsp3) is 0.923. The molecule has 0 fully saturated rings. The Hall–Kier alpha value is -0.550. The van der Waals surface area contributed by atoms with Crippen LogP contribution in [0.4, 0.5) is 0 Å². The molecular weight excluding hydrogens is 186 g/mol. The van der Waals surface area contributed by atoms with Crippen LogP contribution in [0.25, 0.3) is 0 Å². The van der Waals surface area contributed by atoms with Crippen molar-refractivity contribution in [2.45, 2.75) is 71.3 Å². The Labute approximate surface area is 94.6 Å². The molecule has 0 N–H and O–H groups in total. The SMILES string of the molecule is CCCCCCCCCCOC(C)C#N. The summed E-state index contributed by atoms with van der Waals surface area (Å²) >= 11 is 0. The van der Waals surface area contributed by atoms with E-state index in [4.69, 9.17) is 10.00 Å². The highest BCUT2D eigenvalue weighted by Gasteiger charge is 1.97. The average molecular weight is 211 g/mol. The van der Waals surface area contributed by atoms with E-state index in [1.165, 1.54) is 44.9 Å². The lowest BCUT2D eigenvalue weighted by atomic mass is 10.1. The minimum atomic E-state index is -0.241. The summed E-state index contributed by atoms with van der Waals surface area (Å²) in [7, 11) is 0. The molecule has 0 aliphatic heterocycles. The lowest BCUT2D eigenvalue weighted by Crippen LogP contribution is -2.05. The number of unbranched alkanes of at least 4 members (excludes halogenated alkanes) is 7. The van der Waals surface area contributed by atoms with Crippen LogP contribution in [-0.4, -0.2) is 12.7 Å². The topological polar surface area (TPSA) is 33.0 Å². The number of nitrogens with zero attached hydrogens (tertiary/aromatic N) is 1. The Kier molecular flexibility index (Phi) is 11.1. The number of hydrogen-bond acceptors (Lipinski definition) is 2. The smallest absolute Gasteiger partial charge is 0.141 e. The van der Waals surface area contributed by atoms with E-state index in [0.29, 0.717) is 0 Å². The van der Waals surface area contributed by atoms with Crippen molar-refractivity contribution < 1.29 is 4.74 Å². The average Bonchev–Trinajstić information content (AvgIpc) is 2.26. The molecule has 0 aromatic carbocycles. The van der Waals surface area contributed by atoms with E-state index in [1.54, 1.807) is 6.92 Å². The highest BCUT2D eigenvalue weighted by molar-refractivity contribution is 4.78. The largest absolute Gasteiger partial charge is 0.364 e. The van der Waals surface area contributed by atoms with Crippen molar-refractivity contribution >= 4 is 0 Å². The summed E-state index contributed by atoms with van der Waals surface area (Å²) in [4.78, 5) is 0. The van der Waals surface area contributed by atoms with E-state index in [0.717, 1.165) is 13.0 Å². The second-order valence-corrected chi connectivity index (χ2v) is 4.12. The van der Waals surface area contributed by atoms with Gasteiger partial charge in [-0.3, -0.25) is 0 Å². The second-order valence-electron chi connectivity index (χ2n) is 4.12. The van der Waals surface area contributed by atoms with E-state index in [2.05, 4.69) is 13.0 Å². The van der Waals surface area contributed by atoms with Crippen molar-refractivity contribution in [2.24, 2.45) is 0 Å². The van der Waals surface area contributed by atoms with Gasteiger partial charge in [-0.05, 0) is 13.3 Å². The molecule has 0 rings (SSSR count). The Balaban J connectivity index is 2.96. The van der Waals surface area contributed by atoms with Gasteiger partial charge in [0.1, 0.15) is 6.10 Å². The molecule has 0 aliphatic carbocycles. The van der Waals surface area contributed by atoms with Gasteiger partial charge in [-0.1, -0.05) is 51.9 Å². The molecule has 0 spiro atoms. The molecular formula is C13H25NO. The van der Waals surface area contributed by atoms with Crippen molar-refractivity contribution in [1.82, 2.24) is 0 Å². The summed E-state index contributed by atoms with van der Waals surface area (Å²) in [6, 6.07) is 2.07. The predicted octanol–water partition coefficient (Wildman–Crippen LogP) is 4.06. The molecule has 0 aromatic heterocycles. The van der Waals surface area contributed by atoms with Gasteiger partial charge in [-0.25, -0.2) is 0 Å². The molecule has 2 nitrogen and oxygen atoms in total. The van der Waals surface area contributed by atoms with Crippen molar-refractivity contribution in [2.75, 3.05) is 6.61 Å². The lowest BCUT2D eigenvalue weighted by Gasteiger charge is -2.05. The zero-order valence-corrected chi connectivity index (χ0v) is 10.3. The summed E-state index contributed by atoms with van der Waals surface area (Å²) in [6.45, 7) is 4.78. The standard InChI is InChI=1S/C13H25NO/c1-3-4-5-6-7-8-9-10-11-15-13(2)12-14/h13H,3-11H2,1-2H3. The van der Waals surface area contributed by atoms with E-state index in [-0.39, 0.29) is 6.10 Å². The molecule has 88 valence electrons. The Morgan fingerprint density at radius 3 is 2.07 bits per heavy atom. The van der Waals surface area contributed by atoms with E-state index in [9.17, 15) is 0 Å². The maximum absolute atomic E-state index is 8.48. The Morgan fingerprint density at radius 2 is 1.53 bits per heavy atom. The third-order valence-electron chi connectivity index (χ3n) is 2.55. The van der Waals surface area contributed by atoms with Crippen LogP contribution in [0.1, 0.15) is 65.2 Å². The maximum Gasteiger partial charge on any atom is 0.141 e. The Morgan fingerprint density at radius 1 is 1.00 bits per heavy atom. The van der Waals surface area contributed by atoms with Gasteiger partial charge in [-0.15, -0.1) is 0 Å². The van der Waals surface area contributed by atoms with Crippen LogP contribution < -0.4 is 0 Å². The van der Waals surface area contributed by atoms with E-state index >= 15 is 0 Å². The first-order valence-corrected chi connectivity index (χ1v) is 6.32. The van der Waals surface area contributed by atoms with Crippen LogP contribution in [0, 0.1) is 11.3 Å². The molecule has 1 unspecified atom stereocenters. The van der Waals surface area contributed by atoms with Crippen molar-refractivity contribution in [3.8, 4) is 6.07 Å². The van der Waals surface area contributed by atoms with Gasteiger partial charge in [-0.2, -0.15) is 5.26 Å². The molecule has 2 heteroatoms. The van der Waals surface area contributed by atoms with Gasteiger partial charge in [0.25, 0.3) is 0 Å². The van der Waals surface area contributed by atoms with Gasteiger partial charge in [0, 0.05) is 6.61 Å². The molecule has 15 heavy (non-hydrogen) atoms. The number of nitriles is 1. The number of ether oxygens (including phenoxy) is 1. The van der Waals surface area contributed by atoms with Gasteiger partial charge in [0.05, 0.1) is 6.07 Å². The first-order chi connectivity index (χ1) is 7.31. The number of rotatable bonds is 10. The fourth-order valence-corrected chi connectivity index (χ4v) is 1.53. The minimum absolute atomic E-state index is 0.241. The zero-order chi connectivity index (χ0) is 11.4. The predicted molar refractivity (Wildman–Crippen MR) is 63.6 cm³/mol. The van der Waals surface area contributed by atoms with Crippen LogP contribution in [0.5, 0.6) is 0 Å². The monoisotopic (exact) mass is 211 g/mol. The van der Waals surface area contributed by atoms with Gasteiger partial charge >= 0.3 is 0 Å². The third kappa shape index (κ3) is 11.4. The van der Waals surface area contributed by atoms with Gasteiger partial charge < -0.3 is 4.74 Å². The van der Waals surface area contributed by atoms with Crippen LogP contribution in [-0.2, 0) is 4.74 Å². The summed E-state index contributed by atoms with van der Waals surface area (Å²) in [5.41, 5.74) is 0. The van der Waals surface area contributed by atoms with Crippen LogP contribution in [0.15, 0.2) is 0 Å². The molecule has 0 saturated heterocycles. The molecule has 1 atom stereocenters. The van der Waals surface area contributed by atoms with Crippen molar-refractivity contribution in [3.05, 3.63) is 0 Å². The maximum atomic E-state index is 8.48. The third-order valence-corrected chi connectivity index (χ3v) is 2.55. The summed E-state index contributed by atoms with van der Waals surface area (Å²) in [6.07, 6.45) is 10.2. The van der Waals surface area contributed by atoms with Gasteiger partial charge in [0.2, 0.25) is 0 Å². The number of hydrogen-bond donors (Lipinski definition) is 0. The van der Waals surface area contributed by atoms with Crippen molar-refractivity contribution in [1.29, 1.82) is 5.26 Å². The Bertz CT molecular complexity index is 162. The molecule has 0 radical (unpaired) electrons. The van der Waals surface area contributed by atoms with E-state index < -0.39 is 0 Å². The zero-order valence-electron chi connectivity index (χ0n) is 10.3.